The summed E-state index contributed by atoms with van der Waals surface area (Å²) in [6.07, 6.45) is 0. The minimum atomic E-state index is -0.990. The van der Waals surface area contributed by atoms with Gasteiger partial charge in [0.15, 0.2) is 5.96 Å². The van der Waals surface area contributed by atoms with Gasteiger partial charge in [0, 0.05) is 31.1 Å². The predicted octanol–water partition coefficient (Wildman–Crippen LogP) is 2.59. The van der Waals surface area contributed by atoms with E-state index in [4.69, 9.17) is 9.47 Å². The van der Waals surface area contributed by atoms with Gasteiger partial charge in [-0.25, -0.2) is 4.99 Å². The van der Waals surface area contributed by atoms with Crippen LogP contribution in [0.5, 0.6) is 5.75 Å². The molecule has 0 amide bonds. The Balaban J connectivity index is 1.71. The quantitative estimate of drug-likeness (QED) is 0.406. The fourth-order valence-corrected chi connectivity index (χ4v) is 4.38. The van der Waals surface area contributed by atoms with Gasteiger partial charge < -0.3 is 25.2 Å². The first-order valence-corrected chi connectivity index (χ1v) is 11.7. The van der Waals surface area contributed by atoms with Gasteiger partial charge in [-0.05, 0) is 43.0 Å². The molecule has 2 heterocycles. The first-order chi connectivity index (χ1) is 15.0. The van der Waals surface area contributed by atoms with Crippen molar-refractivity contribution in [3.05, 3.63) is 52.2 Å². The Morgan fingerprint density at radius 2 is 2.00 bits per heavy atom. The Morgan fingerprint density at radius 3 is 2.61 bits per heavy atom. The van der Waals surface area contributed by atoms with Crippen molar-refractivity contribution in [2.75, 3.05) is 53.0 Å². The summed E-state index contributed by atoms with van der Waals surface area (Å²) < 4.78 is 10.9. The molecule has 1 aromatic carbocycles. The van der Waals surface area contributed by atoms with Crippen LogP contribution in [0.1, 0.15) is 30.3 Å². The number of benzene rings is 1. The number of hydrogen-bond donors (Lipinski definition) is 3. The fraction of sp³-hybridized carbons (Fsp3) is 0.522. The lowest BCUT2D eigenvalue weighted by Gasteiger charge is -2.35. The molecule has 0 aliphatic carbocycles. The van der Waals surface area contributed by atoms with Crippen LogP contribution in [0.25, 0.3) is 0 Å². The zero-order valence-electron chi connectivity index (χ0n) is 18.6. The van der Waals surface area contributed by atoms with Crippen molar-refractivity contribution in [1.29, 1.82) is 0 Å². The minimum absolute atomic E-state index is 0.177. The second kappa shape index (κ2) is 11.5. The molecule has 1 aromatic heterocycles. The molecular formula is C23H34N4O3S. The highest BCUT2D eigenvalue weighted by Crippen LogP contribution is 2.26. The lowest BCUT2D eigenvalue weighted by molar-refractivity contribution is 0.0169. The van der Waals surface area contributed by atoms with Gasteiger partial charge in [-0.15, -0.1) is 11.3 Å². The van der Waals surface area contributed by atoms with E-state index in [1.165, 1.54) is 5.56 Å². The number of aliphatic imine (C=N–C) groups is 1. The van der Waals surface area contributed by atoms with Crippen molar-refractivity contribution in [3.63, 3.8) is 0 Å². The molecule has 170 valence electrons. The smallest absolute Gasteiger partial charge is 0.191 e. The van der Waals surface area contributed by atoms with Crippen LogP contribution in [0.4, 0.5) is 0 Å². The van der Waals surface area contributed by atoms with Crippen molar-refractivity contribution in [3.8, 4) is 5.75 Å². The molecule has 3 N–H and O–H groups in total. The van der Waals surface area contributed by atoms with E-state index in [9.17, 15) is 5.11 Å². The van der Waals surface area contributed by atoms with Gasteiger partial charge in [0.05, 0.1) is 32.9 Å². The predicted molar refractivity (Wildman–Crippen MR) is 126 cm³/mol. The third-order valence-electron chi connectivity index (χ3n) is 5.39. The SMILES string of the molecule is CCNC(=NCC(C)(O)c1cccs1)NCC(c1ccc(OC)cc1)N1CCOCC1. The van der Waals surface area contributed by atoms with Gasteiger partial charge in [0.25, 0.3) is 0 Å². The fourth-order valence-electron chi connectivity index (χ4n) is 3.60. The van der Waals surface area contributed by atoms with Crippen molar-refractivity contribution < 1.29 is 14.6 Å². The molecule has 1 aliphatic heterocycles. The number of guanidine groups is 1. The van der Waals surface area contributed by atoms with Gasteiger partial charge in [0.2, 0.25) is 0 Å². The molecule has 2 aromatic rings. The van der Waals surface area contributed by atoms with E-state index in [1.807, 2.05) is 36.6 Å². The van der Waals surface area contributed by atoms with E-state index >= 15 is 0 Å². The highest BCUT2D eigenvalue weighted by atomic mass is 32.1. The second-order valence-corrected chi connectivity index (χ2v) is 8.71. The van der Waals surface area contributed by atoms with E-state index in [0.29, 0.717) is 12.5 Å². The maximum Gasteiger partial charge on any atom is 0.191 e. The van der Waals surface area contributed by atoms with Gasteiger partial charge in [-0.1, -0.05) is 18.2 Å². The number of methoxy groups -OCH3 is 1. The van der Waals surface area contributed by atoms with E-state index in [1.54, 1.807) is 25.4 Å². The van der Waals surface area contributed by atoms with E-state index in [2.05, 4.69) is 32.7 Å². The number of ether oxygens (including phenoxy) is 2. The highest BCUT2D eigenvalue weighted by molar-refractivity contribution is 7.10. The minimum Gasteiger partial charge on any atom is -0.497 e. The molecule has 0 radical (unpaired) electrons. The van der Waals surface area contributed by atoms with Gasteiger partial charge in [-0.2, -0.15) is 0 Å². The number of morpholine rings is 1. The maximum absolute atomic E-state index is 10.8. The molecule has 2 atom stereocenters. The Kier molecular flexibility index (Phi) is 8.71. The van der Waals surface area contributed by atoms with Crippen LogP contribution in [0.2, 0.25) is 0 Å². The molecule has 0 saturated carbocycles. The lowest BCUT2D eigenvalue weighted by Crippen LogP contribution is -2.46. The molecule has 2 unspecified atom stereocenters. The van der Waals surface area contributed by atoms with Gasteiger partial charge >= 0.3 is 0 Å². The van der Waals surface area contributed by atoms with Crippen LogP contribution < -0.4 is 15.4 Å². The standard InChI is InChI=1S/C23H34N4O3S/c1-4-24-22(26-17-23(2,28)21-6-5-15-31-21)25-16-20(27-11-13-30-14-12-27)18-7-9-19(29-3)10-8-18/h5-10,15,20,28H,4,11-14,16-17H2,1-3H3,(H2,24,25,26). The highest BCUT2D eigenvalue weighted by Gasteiger charge is 2.25. The number of hydrogen-bond acceptors (Lipinski definition) is 6. The van der Waals surface area contributed by atoms with Crippen LogP contribution in [0.3, 0.4) is 0 Å². The summed E-state index contributed by atoms with van der Waals surface area (Å²) in [5.41, 5.74) is 0.229. The summed E-state index contributed by atoms with van der Waals surface area (Å²) in [6, 6.07) is 12.3. The maximum atomic E-state index is 10.8. The van der Waals surface area contributed by atoms with E-state index in [-0.39, 0.29) is 12.6 Å². The summed E-state index contributed by atoms with van der Waals surface area (Å²) in [4.78, 5) is 8.01. The molecule has 8 heteroatoms. The molecule has 1 aliphatic rings. The Hall–Kier alpha value is -2.13. The summed E-state index contributed by atoms with van der Waals surface area (Å²) in [5, 5.41) is 19.6. The molecule has 3 rings (SSSR count). The van der Waals surface area contributed by atoms with E-state index in [0.717, 1.165) is 43.5 Å². The monoisotopic (exact) mass is 446 g/mol. The molecular weight excluding hydrogens is 412 g/mol. The van der Waals surface area contributed by atoms with Gasteiger partial charge in [-0.3, -0.25) is 4.90 Å². The van der Waals surface area contributed by atoms with Crippen LogP contribution in [0, 0.1) is 0 Å². The summed E-state index contributed by atoms with van der Waals surface area (Å²) in [7, 11) is 1.68. The molecule has 7 nitrogen and oxygen atoms in total. The molecule has 1 saturated heterocycles. The topological polar surface area (TPSA) is 78.4 Å². The summed E-state index contributed by atoms with van der Waals surface area (Å²) in [5.74, 6) is 1.55. The number of rotatable bonds is 9. The number of nitrogens with zero attached hydrogens (tertiary/aromatic N) is 2. The van der Waals surface area contributed by atoms with Crippen LogP contribution in [-0.4, -0.2) is 69.0 Å². The molecule has 0 spiro atoms. The second-order valence-electron chi connectivity index (χ2n) is 7.76. The number of aliphatic hydroxyl groups is 1. The Labute approximate surface area is 189 Å². The average Bonchev–Trinajstić information content (AvgIpc) is 3.35. The normalized spacial score (nSPS) is 18.3. The molecule has 31 heavy (non-hydrogen) atoms. The van der Waals surface area contributed by atoms with Crippen LogP contribution in [-0.2, 0) is 10.3 Å². The first kappa shape index (κ1) is 23.5. The summed E-state index contributed by atoms with van der Waals surface area (Å²) >= 11 is 1.54. The first-order valence-electron chi connectivity index (χ1n) is 10.8. The van der Waals surface area contributed by atoms with Crippen molar-refractivity contribution in [2.24, 2.45) is 4.99 Å². The molecule has 1 fully saturated rings. The number of nitrogens with one attached hydrogen (secondary N) is 2. The Bertz CT molecular complexity index is 803. The third-order valence-corrected chi connectivity index (χ3v) is 6.51. The number of thiophene rings is 1. The van der Waals surface area contributed by atoms with Gasteiger partial charge in [0.1, 0.15) is 11.4 Å². The summed E-state index contributed by atoms with van der Waals surface area (Å²) in [6.45, 7) is 8.83. The van der Waals surface area contributed by atoms with Crippen molar-refractivity contribution in [1.82, 2.24) is 15.5 Å². The van der Waals surface area contributed by atoms with Crippen molar-refractivity contribution >= 4 is 17.3 Å². The molecule has 0 bridgehead atoms. The third kappa shape index (κ3) is 6.67. The largest absolute Gasteiger partial charge is 0.497 e. The van der Waals surface area contributed by atoms with Crippen LogP contribution in [0.15, 0.2) is 46.8 Å². The Morgan fingerprint density at radius 1 is 1.26 bits per heavy atom. The lowest BCUT2D eigenvalue weighted by atomic mass is 10.0. The van der Waals surface area contributed by atoms with Crippen molar-refractivity contribution in [2.45, 2.75) is 25.5 Å². The van der Waals surface area contributed by atoms with E-state index < -0.39 is 5.60 Å². The zero-order valence-corrected chi connectivity index (χ0v) is 19.5. The van der Waals surface area contributed by atoms with Crippen LogP contribution >= 0.6 is 11.3 Å². The zero-order chi connectivity index (χ0) is 22.1. The average molecular weight is 447 g/mol.